The number of carbonyl (C=O) groups is 2. The number of hydrogen-bond donors (Lipinski definition) is 1. The average Bonchev–Trinajstić information content (AvgIpc) is 3.55. The molecule has 0 radical (unpaired) electrons. The van der Waals surface area contributed by atoms with Crippen molar-refractivity contribution in [3.05, 3.63) is 65.9 Å². The van der Waals surface area contributed by atoms with E-state index in [2.05, 4.69) is 46.3 Å². The highest BCUT2D eigenvalue weighted by molar-refractivity contribution is 5.86. The number of nitrogens with one attached hydrogen (secondary N) is 1. The third-order valence-corrected chi connectivity index (χ3v) is 7.42. The van der Waals surface area contributed by atoms with Crippen LogP contribution in [0.2, 0.25) is 0 Å². The number of anilines is 1. The van der Waals surface area contributed by atoms with Crippen LogP contribution in [0.1, 0.15) is 50.7 Å². The van der Waals surface area contributed by atoms with E-state index in [0.717, 1.165) is 48.9 Å². The maximum absolute atomic E-state index is 13.7. The van der Waals surface area contributed by atoms with Gasteiger partial charge in [-0.2, -0.15) is 0 Å². The van der Waals surface area contributed by atoms with Gasteiger partial charge in [0.1, 0.15) is 0 Å². The van der Waals surface area contributed by atoms with E-state index in [0.29, 0.717) is 13.1 Å². The first-order valence-corrected chi connectivity index (χ1v) is 13.2. The zero-order valence-electron chi connectivity index (χ0n) is 22.2. The third kappa shape index (κ3) is 6.10. The minimum absolute atomic E-state index is 0.00288. The van der Waals surface area contributed by atoms with Gasteiger partial charge in [0, 0.05) is 61.9 Å². The molecule has 6 nitrogen and oxygen atoms in total. The molecule has 1 saturated carbocycles. The Morgan fingerprint density at radius 2 is 1.69 bits per heavy atom. The van der Waals surface area contributed by atoms with Crippen molar-refractivity contribution >= 4 is 28.4 Å². The lowest BCUT2D eigenvalue weighted by atomic mass is 10.1. The Balaban J connectivity index is 1.52. The summed E-state index contributed by atoms with van der Waals surface area (Å²) in [5.41, 5.74) is 4.53. The van der Waals surface area contributed by atoms with Gasteiger partial charge in [0.2, 0.25) is 11.8 Å². The number of rotatable bonds is 10. The molecular weight excluding hydrogens is 448 g/mol. The van der Waals surface area contributed by atoms with Gasteiger partial charge in [-0.05, 0) is 62.4 Å². The molecule has 4 rings (SSSR count). The van der Waals surface area contributed by atoms with Crippen molar-refractivity contribution in [2.24, 2.45) is 5.92 Å². The Bertz CT molecular complexity index is 1160. The molecule has 0 spiro atoms. The predicted octanol–water partition coefficient (Wildman–Crippen LogP) is 5.23. The molecule has 0 unspecified atom stereocenters. The fourth-order valence-corrected chi connectivity index (χ4v) is 5.17. The second kappa shape index (κ2) is 11.6. The van der Waals surface area contributed by atoms with Gasteiger partial charge in [-0.25, -0.2) is 0 Å². The van der Waals surface area contributed by atoms with Crippen molar-refractivity contribution in [3.8, 4) is 0 Å². The average molecular weight is 489 g/mol. The second-order valence-electron chi connectivity index (χ2n) is 10.5. The van der Waals surface area contributed by atoms with E-state index in [1.165, 1.54) is 10.9 Å². The number of aromatic amines is 1. The van der Waals surface area contributed by atoms with Gasteiger partial charge >= 0.3 is 0 Å². The summed E-state index contributed by atoms with van der Waals surface area (Å²) in [6.45, 7) is 5.28. The Morgan fingerprint density at radius 1 is 1.00 bits per heavy atom. The van der Waals surface area contributed by atoms with Crippen LogP contribution in [0, 0.1) is 5.92 Å². The van der Waals surface area contributed by atoms with E-state index >= 15 is 0 Å². The largest absolute Gasteiger partial charge is 0.378 e. The number of benzene rings is 2. The summed E-state index contributed by atoms with van der Waals surface area (Å²) in [6, 6.07) is 16.6. The van der Waals surface area contributed by atoms with Crippen LogP contribution in [0.3, 0.4) is 0 Å². The van der Waals surface area contributed by atoms with Gasteiger partial charge in [0.15, 0.2) is 0 Å². The number of hydrogen-bond acceptors (Lipinski definition) is 3. The van der Waals surface area contributed by atoms with Gasteiger partial charge in [0.05, 0.1) is 6.54 Å². The van der Waals surface area contributed by atoms with E-state index in [4.69, 9.17) is 0 Å². The number of amides is 2. The summed E-state index contributed by atoms with van der Waals surface area (Å²) in [5, 5.41) is 1.19. The minimum atomic E-state index is -0.00288. The first-order chi connectivity index (χ1) is 17.3. The molecule has 2 aromatic carbocycles. The number of carbonyl (C=O) groups excluding carboxylic acids is 2. The van der Waals surface area contributed by atoms with Crippen molar-refractivity contribution in [1.82, 2.24) is 14.8 Å². The standard InChI is InChI=1S/C30H40N4O2/c1-22(2)34(30(36)24-9-5-6-10-24)21-29(35)33(20-23-13-15-26(16-14-23)32(3)4)18-17-25-19-31-28-12-8-7-11-27(25)28/h7-8,11-16,19,22,24,31H,5-6,9-10,17-18,20-21H2,1-4H3. The summed E-state index contributed by atoms with van der Waals surface area (Å²) in [7, 11) is 4.04. The lowest BCUT2D eigenvalue weighted by molar-refractivity contribution is -0.144. The molecule has 0 saturated heterocycles. The topological polar surface area (TPSA) is 59.7 Å². The Morgan fingerprint density at radius 3 is 2.36 bits per heavy atom. The van der Waals surface area contributed by atoms with Crippen LogP contribution >= 0.6 is 0 Å². The summed E-state index contributed by atoms with van der Waals surface area (Å²) in [5.74, 6) is 0.216. The number of aromatic nitrogens is 1. The molecule has 1 aliphatic rings. The minimum Gasteiger partial charge on any atom is -0.378 e. The fraction of sp³-hybridized carbons (Fsp3) is 0.467. The molecule has 2 amide bonds. The second-order valence-corrected chi connectivity index (χ2v) is 10.5. The molecule has 1 aliphatic carbocycles. The van der Waals surface area contributed by atoms with E-state index in [1.807, 2.05) is 51.2 Å². The maximum Gasteiger partial charge on any atom is 0.242 e. The van der Waals surface area contributed by atoms with Gasteiger partial charge in [-0.1, -0.05) is 43.2 Å². The number of para-hydroxylation sites is 1. The van der Waals surface area contributed by atoms with Gasteiger partial charge < -0.3 is 19.7 Å². The highest BCUT2D eigenvalue weighted by atomic mass is 16.2. The van der Waals surface area contributed by atoms with E-state index in [1.54, 1.807) is 4.90 Å². The smallest absolute Gasteiger partial charge is 0.242 e. The first kappa shape index (κ1) is 25.8. The molecule has 3 aromatic rings. The Hall–Kier alpha value is -3.28. The molecule has 1 N–H and O–H groups in total. The molecule has 0 atom stereocenters. The monoisotopic (exact) mass is 488 g/mol. The fourth-order valence-electron chi connectivity index (χ4n) is 5.17. The number of fused-ring (bicyclic) bond motifs is 1. The van der Waals surface area contributed by atoms with Crippen molar-refractivity contribution in [2.75, 3.05) is 32.1 Å². The van der Waals surface area contributed by atoms with E-state index in [9.17, 15) is 9.59 Å². The van der Waals surface area contributed by atoms with Gasteiger partial charge in [-0.15, -0.1) is 0 Å². The molecule has 0 bridgehead atoms. The highest BCUT2D eigenvalue weighted by Crippen LogP contribution is 2.27. The molecule has 192 valence electrons. The molecule has 6 heteroatoms. The summed E-state index contributed by atoms with van der Waals surface area (Å²) < 4.78 is 0. The summed E-state index contributed by atoms with van der Waals surface area (Å²) >= 11 is 0. The van der Waals surface area contributed by atoms with Crippen molar-refractivity contribution in [1.29, 1.82) is 0 Å². The normalized spacial score (nSPS) is 13.9. The van der Waals surface area contributed by atoms with Crippen molar-refractivity contribution in [3.63, 3.8) is 0 Å². The van der Waals surface area contributed by atoms with Crippen LogP contribution in [0.25, 0.3) is 10.9 Å². The van der Waals surface area contributed by atoms with Crippen LogP contribution in [-0.2, 0) is 22.6 Å². The van der Waals surface area contributed by atoms with Crippen LogP contribution in [0.15, 0.2) is 54.7 Å². The quantitative estimate of drug-likeness (QED) is 0.425. The summed E-state index contributed by atoms with van der Waals surface area (Å²) in [6.07, 6.45) is 6.90. The van der Waals surface area contributed by atoms with Crippen LogP contribution in [-0.4, -0.2) is 59.8 Å². The molecule has 0 aliphatic heterocycles. The van der Waals surface area contributed by atoms with Gasteiger partial charge in [-0.3, -0.25) is 9.59 Å². The zero-order chi connectivity index (χ0) is 25.7. The molecule has 1 fully saturated rings. The van der Waals surface area contributed by atoms with Crippen molar-refractivity contribution in [2.45, 2.75) is 58.5 Å². The lowest BCUT2D eigenvalue weighted by Gasteiger charge is -2.32. The molecule has 1 aromatic heterocycles. The first-order valence-electron chi connectivity index (χ1n) is 13.2. The van der Waals surface area contributed by atoms with Crippen LogP contribution in [0.4, 0.5) is 5.69 Å². The maximum atomic E-state index is 13.7. The molecule has 36 heavy (non-hydrogen) atoms. The predicted molar refractivity (Wildman–Crippen MR) is 147 cm³/mol. The van der Waals surface area contributed by atoms with Crippen molar-refractivity contribution < 1.29 is 9.59 Å². The highest BCUT2D eigenvalue weighted by Gasteiger charge is 2.31. The van der Waals surface area contributed by atoms with E-state index < -0.39 is 0 Å². The lowest BCUT2D eigenvalue weighted by Crippen LogP contribution is -2.47. The van der Waals surface area contributed by atoms with Gasteiger partial charge in [0.25, 0.3) is 0 Å². The Labute approximate surface area is 215 Å². The van der Waals surface area contributed by atoms with E-state index in [-0.39, 0.29) is 30.3 Å². The SMILES string of the molecule is CC(C)N(CC(=O)N(CCc1c[nH]c2ccccc12)Cc1ccc(N(C)C)cc1)C(=O)C1CCCC1. The molecular formula is C30H40N4O2. The number of nitrogens with zero attached hydrogens (tertiary/aromatic N) is 3. The zero-order valence-corrected chi connectivity index (χ0v) is 22.2. The van der Waals surface area contributed by atoms with Crippen LogP contribution < -0.4 is 4.90 Å². The molecule has 1 heterocycles. The van der Waals surface area contributed by atoms with Crippen LogP contribution in [0.5, 0.6) is 0 Å². The third-order valence-electron chi connectivity index (χ3n) is 7.42. The Kier molecular flexibility index (Phi) is 8.34. The number of H-pyrrole nitrogens is 1. The summed E-state index contributed by atoms with van der Waals surface area (Å²) in [4.78, 5) is 36.1.